The van der Waals surface area contributed by atoms with Crippen molar-refractivity contribution in [3.05, 3.63) is 5.53 Å². The van der Waals surface area contributed by atoms with Gasteiger partial charge in [-0.2, -0.15) is 4.79 Å². The monoisotopic (exact) mass is 288 g/mol. The molecule has 21 heavy (non-hydrogen) atoms. The van der Waals surface area contributed by atoms with Crippen LogP contribution >= 0.6 is 0 Å². The second-order valence-corrected chi connectivity index (χ2v) is 8.61. The molecule has 4 fully saturated rings. The van der Waals surface area contributed by atoms with Crippen molar-refractivity contribution in [3.63, 3.8) is 0 Å². The third-order valence-electron chi connectivity index (χ3n) is 7.20. The molecule has 0 radical (unpaired) electrons. The highest BCUT2D eigenvalue weighted by molar-refractivity contribution is 5.79. The normalized spacial score (nSPS) is 34.9. The van der Waals surface area contributed by atoms with Crippen molar-refractivity contribution >= 4 is 5.71 Å². The summed E-state index contributed by atoms with van der Waals surface area (Å²) >= 11 is 0. The largest absolute Gasteiger partial charge is 0.362 e. The molecule has 0 aromatic rings. The van der Waals surface area contributed by atoms with Gasteiger partial charge < -0.3 is 5.53 Å². The van der Waals surface area contributed by atoms with Crippen LogP contribution in [0.2, 0.25) is 0 Å². The predicted molar refractivity (Wildman–Crippen MR) is 87.2 cm³/mol. The highest BCUT2D eigenvalue weighted by Crippen LogP contribution is 2.62. The molecule has 3 unspecified atom stereocenters. The van der Waals surface area contributed by atoms with E-state index in [1.807, 2.05) is 0 Å². The average Bonchev–Trinajstić information content (AvgIpc) is 2.52. The van der Waals surface area contributed by atoms with E-state index in [9.17, 15) is 5.53 Å². The molecule has 2 heteroatoms. The summed E-state index contributed by atoms with van der Waals surface area (Å²) in [4.78, 5) is 3.66. The standard InChI is InChI=1S/C19H32N2/c1-19(2)16-10-8-15(18(19)13-16)9-11-17(21-20)12-14-6-4-3-5-7-14/h14-16,18H,3-13H2,1-2H3. The van der Waals surface area contributed by atoms with E-state index in [0.29, 0.717) is 5.41 Å². The van der Waals surface area contributed by atoms with Crippen LogP contribution in [0.25, 0.3) is 5.53 Å². The van der Waals surface area contributed by atoms with Gasteiger partial charge in [0.2, 0.25) is 0 Å². The molecule has 2 nitrogen and oxygen atoms in total. The Labute approximate surface area is 130 Å². The first-order valence-corrected chi connectivity index (χ1v) is 9.31. The van der Waals surface area contributed by atoms with Crippen molar-refractivity contribution < 1.29 is 4.79 Å². The second-order valence-electron chi connectivity index (χ2n) is 8.61. The van der Waals surface area contributed by atoms with Crippen molar-refractivity contribution in [2.24, 2.45) is 29.1 Å². The number of nitrogens with zero attached hydrogens (tertiary/aromatic N) is 2. The van der Waals surface area contributed by atoms with Gasteiger partial charge in [0.15, 0.2) is 0 Å². The van der Waals surface area contributed by atoms with Crippen LogP contribution in [0.3, 0.4) is 0 Å². The molecule has 0 N–H and O–H groups in total. The molecule has 0 spiro atoms. The van der Waals surface area contributed by atoms with Gasteiger partial charge in [0.05, 0.1) is 0 Å². The molecule has 2 bridgehead atoms. The summed E-state index contributed by atoms with van der Waals surface area (Å²) in [5, 5.41) is 0. The Morgan fingerprint density at radius 3 is 2.48 bits per heavy atom. The lowest BCUT2D eigenvalue weighted by atomic mass is 9.45. The average molecular weight is 288 g/mol. The fourth-order valence-electron chi connectivity index (χ4n) is 5.58. The van der Waals surface area contributed by atoms with Crippen molar-refractivity contribution in [2.75, 3.05) is 0 Å². The number of fused-ring (bicyclic) bond motifs is 2. The lowest BCUT2D eigenvalue weighted by molar-refractivity contribution is -0.107. The molecule has 118 valence electrons. The van der Waals surface area contributed by atoms with Crippen molar-refractivity contribution in [2.45, 2.75) is 84.5 Å². The minimum atomic E-state index is 0.586. The lowest BCUT2D eigenvalue weighted by Gasteiger charge is -2.60. The van der Waals surface area contributed by atoms with Gasteiger partial charge in [-0.25, -0.2) is 0 Å². The van der Waals surface area contributed by atoms with Gasteiger partial charge in [0.1, 0.15) is 0 Å². The first-order chi connectivity index (χ1) is 10.1. The zero-order chi connectivity index (χ0) is 14.9. The molecule has 4 rings (SSSR count). The van der Waals surface area contributed by atoms with E-state index in [4.69, 9.17) is 0 Å². The van der Waals surface area contributed by atoms with Gasteiger partial charge in [0.25, 0.3) is 5.71 Å². The highest BCUT2D eigenvalue weighted by atomic mass is 14.9. The molecular formula is C19H32N2. The Morgan fingerprint density at radius 1 is 1.10 bits per heavy atom. The van der Waals surface area contributed by atoms with Crippen LogP contribution < -0.4 is 0 Å². The number of hydrogen-bond acceptors (Lipinski definition) is 0. The Morgan fingerprint density at radius 2 is 1.86 bits per heavy atom. The maximum absolute atomic E-state index is 9.35. The van der Waals surface area contributed by atoms with E-state index in [-0.39, 0.29) is 0 Å². The van der Waals surface area contributed by atoms with Gasteiger partial charge >= 0.3 is 0 Å². The molecule has 0 saturated heterocycles. The third kappa shape index (κ3) is 3.11. The molecule has 4 aliphatic carbocycles. The maximum atomic E-state index is 9.35. The summed E-state index contributed by atoms with van der Waals surface area (Å²) in [7, 11) is 0. The van der Waals surface area contributed by atoms with E-state index >= 15 is 0 Å². The van der Waals surface area contributed by atoms with Crippen LogP contribution in [-0.2, 0) is 0 Å². The van der Waals surface area contributed by atoms with Crippen LogP contribution in [0.5, 0.6) is 0 Å². The second kappa shape index (κ2) is 6.24. The van der Waals surface area contributed by atoms with E-state index in [0.717, 1.165) is 42.2 Å². The van der Waals surface area contributed by atoms with E-state index in [1.54, 1.807) is 0 Å². The molecule has 0 amide bonds. The SMILES string of the molecule is CC1(C)C2CCC(CCC(CC3CCCCC3)=[N+]=[N-])C1C2. The van der Waals surface area contributed by atoms with Crippen LogP contribution in [-0.4, -0.2) is 10.5 Å². The Kier molecular flexibility index (Phi) is 4.54. The Hall–Kier alpha value is -0.620. The predicted octanol–water partition coefficient (Wildman–Crippen LogP) is 5.48. The topological polar surface area (TPSA) is 36.4 Å². The van der Waals surface area contributed by atoms with Crippen LogP contribution in [0.4, 0.5) is 0 Å². The Bertz CT molecular complexity index is 411. The van der Waals surface area contributed by atoms with Gasteiger partial charge in [0, 0.05) is 12.8 Å². The third-order valence-corrected chi connectivity index (χ3v) is 7.20. The van der Waals surface area contributed by atoms with Crippen molar-refractivity contribution in [1.29, 1.82) is 0 Å². The van der Waals surface area contributed by atoms with Gasteiger partial charge in [-0.1, -0.05) is 33.1 Å². The Balaban J connectivity index is 1.48. The van der Waals surface area contributed by atoms with Gasteiger partial charge in [-0.15, -0.1) is 0 Å². The minimum Gasteiger partial charge on any atom is -0.362 e. The van der Waals surface area contributed by atoms with E-state index in [2.05, 4.69) is 18.6 Å². The van der Waals surface area contributed by atoms with Crippen molar-refractivity contribution in [3.8, 4) is 0 Å². The summed E-state index contributed by atoms with van der Waals surface area (Å²) < 4.78 is 0. The fourth-order valence-corrected chi connectivity index (χ4v) is 5.58. The highest BCUT2D eigenvalue weighted by Gasteiger charge is 2.53. The number of rotatable bonds is 5. The first-order valence-electron chi connectivity index (χ1n) is 9.31. The quantitative estimate of drug-likeness (QED) is 0.365. The van der Waals surface area contributed by atoms with Crippen LogP contribution in [0.1, 0.15) is 84.5 Å². The lowest BCUT2D eigenvalue weighted by Crippen LogP contribution is -2.52. The van der Waals surface area contributed by atoms with Crippen LogP contribution in [0, 0.1) is 29.1 Å². The number of hydrogen-bond donors (Lipinski definition) is 0. The van der Waals surface area contributed by atoms with E-state index < -0.39 is 0 Å². The fraction of sp³-hybridized carbons (Fsp3) is 0.947. The molecule has 0 aliphatic heterocycles. The summed E-state index contributed by atoms with van der Waals surface area (Å²) in [6.07, 6.45) is 14.5. The molecule has 0 heterocycles. The molecule has 0 aromatic heterocycles. The zero-order valence-electron chi connectivity index (χ0n) is 14.0. The molecule has 0 aromatic carbocycles. The molecule has 3 atom stereocenters. The molecule has 4 aliphatic rings. The molecule has 4 saturated carbocycles. The van der Waals surface area contributed by atoms with Crippen molar-refractivity contribution in [1.82, 2.24) is 0 Å². The molecular weight excluding hydrogens is 256 g/mol. The van der Waals surface area contributed by atoms with Gasteiger partial charge in [-0.05, 0) is 67.6 Å². The van der Waals surface area contributed by atoms with E-state index in [1.165, 1.54) is 57.8 Å². The van der Waals surface area contributed by atoms with Crippen LogP contribution in [0.15, 0.2) is 0 Å². The summed E-state index contributed by atoms with van der Waals surface area (Å²) in [5.74, 6) is 3.60. The first kappa shape index (κ1) is 15.3. The smallest absolute Gasteiger partial charge is 0.269 e. The summed E-state index contributed by atoms with van der Waals surface area (Å²) in [6, 6.07) is 0. The summed E-state index contributed by atoms with van der Waals surface area (Å²) in [5.41, 5.74) is 11.0. The van der Waals surface area contributed by atoms with Gasteiger partial charge in [-0.3, -0.25) is 0 Å². The minimum absolute atomic E-state index is 0.586. The maximum Gasteiger partial charge on any atom is 0.269 e. The summed E-state index contributed by atoms with van der Waals surface area (Å²) in [6.45, 7) is 4.95. The zero-order valence-corrected chi connectivity index (χ0v) is 14.0.